The minimum atomic E-state index is -0.756. The van der Waals surface area contributed by atoms with Gasteiger partial charge in [0, 0.05) is 10.7 Å². The van der Waals surface area contributed by atoms with Crippen molar-refractivity contribution in [1.29, 1.82) is 5.26 Å². The molecular weight excluding hydrogens is 422 g/mol. The van der Waals surface area contributed by atoms with Crippen molar-refractivity contribution in [2.24, 2.45) is 0 Å². The summed E-state index contributed by atoms with van der Waals surface area (Å²) in [5.74, 6) is -0.0922. The maximum absolute atomic E-state index is 12.5. The van der Waals surface area contributed by atoms with Gasteiger partial charge in [0.2, 0.25) is 0 Å². The second-order valence-electron chi connectivity index (χ2n) is 6.68. The molecule has 0 aliphatic rings. The predicted molar refractivity (Wildman–Crippen MR) is 113 cm³/mol. The van der Waals surface area contributed by atoms with Crippen LogP contribution >= 0.6 is 11.6 Å². The summed E-state index contributed by atoms with van der Waals surface area (Å²) in [6.07, 6.45) is 1.55. The van der Waals surface area contributed by atoms with Crippen molar-refractivity contribution in [1.82, 2.24) is 4.57 Å². The van der Waals surface area contributed by atoms with Crippen molar-refractivity contribution in [2.75, 3.05) is 19.0 Å². The molecule has 1 amide bonds. The lowest BCUT2D eigenvalue weighted by molar-refractivity contribution is -0.119. The first-order valence-electron chi connectivity index (χ1n) is 9.28. The van der Waals surface area contributed by atoms with Gasteiger partial charge in [-0.3, -0.25) is 4.79 Å². The van der Waals surface area contributed by atoms with Crippen LogP contribution in [-0.2, 0) is 16.1 Å². The smallest absolute Gasteiger partial charge is 0.342 e. The largest absolute Gasteiger partial charge is 0.496 e. The van der Waals surface area contributed by atoms with Crippen LogP contribution in [0.4, 0.5) is 5.82 Å². The lowest BCUT2D eigenvalue weighted by Gasteiger charge is -2.13. The lowest BCUT2D eigenvalue weighted by atomic mass is 10.2. The van der Waals surface area contributed by atoms with Gasteiger partial charge in [-0.1, -0.05) is 11.6 Å². The van der Waals surface area contributed by atoms with E-state index in [1.54, 1.807) is 36.0 Å². The second kappa shape index (κ2) is 9.41. The van der Waals surface area contributed by atoms with Crippen LogP contribution in [0.1, 0.15) is 32.9 Å². The molecule has 0 aliphatic heterocycles. The molecule has 2 heterocycles. The minimum Gasteiger partial charge on any atom is -0.496 e. The number of benzene rings is 1. The number of methoxy groups -OCH3 is 1. The second-order valence-corrected chi connectivity index (χ2v) is 7.12. The molecule has 2 aromatic heterocycles. The van der Waals surface area contributed by atoms with E-state index in [0.29, 0.717) is 28.7 Å². The number of esters is 1. The van der Waals surface area contributed by atoms with Crippen LogP contribution in [0.2, 0.25) is 5.02 Å². The topological polar surface area (TPSA) is 106 Å². The zero-order valence-electron chi connectivity index (χ0n) is 17.2. The van der Waals surface area contributed by atoms with E-state index in [2.05, 4.69) is 11.4 Å². The van der Waals surface area contributed by atoms with Gasteiger partial charge in [0.05, 0.1) is 25.5 Å². The van der Waals surface area contributed by atoms with Crippen LogP contribution in [-0.4, -0.2) is 30.2 Å². The molecule has 0 unspecified atom stereocenters. The SMILES string of the molecule is COc1ccc(Cl)cc1C(=O)OCC(=O)Nc1c(C#N)c(C)c(C)n1Cc1ccco1. The summed E-state index contributed by atoms with van der Waals surface area (Å²) in [6.45, 7) is 3.42. The quantitative estimate of drug-likeness (QED) is 0.554. The lowest BCUT2D eigenvalue weighted by Crippen LogP contribution is -2.23. The average Bonchev–Trinajstić information content (AvgIpc) is 3.35. The molecule has 0 aliphatic carbocycles. The van der Waals surface area contributed by atoms with Crippen LogP contribution in [0.5, 0.6) is 5.75 Å². The molecule has 0 atom stereocenters. The van der Waals surface area contributed by atoms with Gasteiger partial charge in [-0.2, -0.15) is 5.26 Å². The van der Waals surface area contributed by atoms with Gasteiger partial charge in [-0.25, -0.2) is 4.79 Å². The van der Waals surface area contributed by atoms with E-state index >= 15 is 0 Å². The number of nitriles is 1. The number of carbonyl (C=O) groups is 2. The third-order valence-electron chi connectivity index (χ3n) is 4.81. The molecule has 0 radical (unpaired) electrons. The molecule has 0 saturated heterocycles. The molecule has 0 spiro atoms. The summed E-state index contributed by atoms with van der Waals surface area (Å²) in [4.78, 5) is 24.9. The highest BCUT2D eigenvalue weighted by molar-refractivity contribution is 6.31. The van der Waals surface area contributed by atoms with Crippen molar-refractivity contribution >= 4 is 29.3 Å². The molecule has 3 aromatic rings. The van der Waals surface area contributed by atoms with Crippen LogP contribution < -0.4 is 10.1 Å². The van der Waals surface area contributed by atoms with Crippen LogP contribution in [0.25, 0.3) is 0 Å². The minimum absolute atomic E-state index is 0.105. The normalized spacial score (nSPS) is 10.4. The number of nitrogens with zero attached hydrogens (tertiary/aromatic N) is 2. The number of rotatable bonds is 7. The number of hydrogen-bond acceptors (Lipinski definition) is 6. The number of amides is 1. The summed E-state index contributed by atoms with van der Waals surface area (Å²) in [5.41, 5.74) is 1.99. The van der Waals surface area contributed by atoms with Crippen LogP contribution in [0.15, 0.2) is 41.0 Å². The monoisotopic (exact) mass is 441 g/mol. The molecule has 8 nitrogen and oxygen atoms in total. The fourth-order valence-electron chi connectivity index (χ4n) is 3.10. The summed E-state index contributed by atoms with van der Waals surface area (Å²) < 4.78 is 17.4. The summed E-state index contributed by atoms with van der Waals surface area (Å²) in [6, 6.07) is 10.2. The highest BCUT2D eigenvalue weighted by Gasteiger charge is 2.22. The number of furan rings is 1. The van der Waals surface area contributed by atoms with Gasteiger partial charge < -0.3 is 23.8 Å². The Morgan fingerprint density at radius 2 is 2.06 bits per heavy atom. The van der Waals surface area contributed by atoms with E-state index < -0.39 is 18.5 Å². The Hall–Kier alpha value is -3.70. The van der Waals surface area contributed by atoms with Gasteiger partial charge in [0.15, 0.2) is 6.61 Å². The maximum Gasteiger partial charge on any atom is 0.342 e. The number of hydrogen-bond donors (Lipinski definition) is 1. The van der Waals surface area contributed by atoms with E-state index in [9.17, 15) is 14.9 Å². The molecule has 1 aromatic carbocycles. The van der Waals surface area contributed by atoms with Gasteiger partial charge in [-0.05, 0) is 49.7 Å². The average molecular weight is 442 g/mol. The van der Waals surface area contributed by atoms with Crippen molar-refractivity contribution in [2.45, 2.75) is 20.4 Å². The third-order valence-corrected chi connectivity index (χ3v) is 5.04. The molecular formula is C22H20ClN3O5. The van der Waals surface area contributed by atoms with Gasteiger partial charge in [-0.15, -0.1) is 0 Å². The first kappa shape index (κ1) is 22.0. The zero-order valence-corrected chi connectivity index (χ0v) is 17.9. The summed E-state index contributed by atoms with van der Waals surface area (Å²) >= 11 is 5.93. The number of anilines is 1. The Kier molecular flexibility index (Phi) is 6.68. The Bertz CT molecular complexity index is 1160. The first-order valence-corrected chi connectivity index (χ1v) is 9.66. The van der Waals surface area contributed by atoms with Crippen molar-refractivity contribution < 1.29 is 23.5 Å². The standard InChI is InChI=1S/C22H20ClN3O5/c1-13-14(2)26(11-16-5-4-8-30-16)21(18(13)10-24)25-20(27)12-31-22(28)17-9-15(23)6-7-19(17)29-3/h4-9H,11-12H2,1-3H3,(H,25,27). The van der Waals surface area contributed by atoms with Gasteiger partial charge >= 0.3 is 5.97 Å². The Morgan fingerprint density at radius 3 is 2.71 bits per heavy atom. The fraction of sp³-hybridized carbons (Fsp3) is 0.227. The Balaban J connectivity index is 1.76. The Morgan fingerprint density at radius 1 is 1.29 bits per heavy atom. The van der Waals surface area contributed by atoms with E-state index in [1.807, 2.05) is 6.92 Å². The summed E-state index contributed by atoms with van der Waals surface area (Å²) in [7, 11) is 1.41. The summed E-state index contributed by atoms with van der Waals surface area (Å²) in [5, 5.41) is 12.6. The van der Waals surface area contributed by atoms with E-state index in [4.69, 9.17) is 25.5 Å². The maximum atomic E-state index is 12.5. The highest BCUT2D eigenvalue weighted by Crippen LogP contribution is 2.28. The number of aromatic nitrogens is 1. The third kappa shape index (κ3) is 4.73. The fourth-order valence-corrected chi connectivity index (χ4v) is 3.28. The number of ether oxygens (including phenoxy) is 2. The zero-order chi connectivity index (χ0) is 22.5. The van der Waals surface area contributed by atoms with Crippen molar-refractivity contribution in [3.63, 3.8) is 0 Å². The Labute approximate surface area is 183 Å². The molecule has 9 heteroatoms. The highest BCUT2D eigenvalue weighted by atomic mass is 35.5. The van der Waals surface area contributed by atoms with Gasteiger partial charge in [0.1, 0.15) is 29.0 Å². The van der Waals surface area contributed by atoms with E-state index in [-0.39, 0.29) is 11.3 Å². The van der Waals surface area contributed by atoms with Crippen LogP contribution in [0, 0.1) is 25.2 Å². The molecule has 31 heavy (non-hydrogen) atoms. The molecule has 1 N–H and O–H groups in total. The molecule has 3 rings (SSSR count). The van der Waals surface area contributed by atoms with Gasteiger partial charge in [0.25, 0.3) is 5.91 Å². The van der Waals surface area contributed by atoms with E-state index in [0.717, 1.165) is 11.3 Å². The molecule has 160 valence electrons. The van der Waals surface area contributed by atoms with Crippen LogP contribution in [0.3, 0.4) is 0 Å². The molecule has 0 fully saturated rings. The first-order chi connectivity index (χ1) is 14.8. The predicted octanol–water partition coefficient (Wildman–Crippen LogP) is 4.08. The molecule has 0 bridgehead atoms. The number of carbonyl (C=O) groups excluding carboxylic acids is 2. The van der Waals surface area contributed by atoms with Crippen molar-refractivity contribution in [3.8, 4) is 11.8 Å². The van der Waals surface area contributed by atoms with Crippen molar-refractivity contribution in [3.05, 3.63) is 69.8 Å². The van der Waals surface area contributed by atoms with E-state index in [1.165, 1.54) is 19.2 Å². The number of halogens is 1. The molecule has 0 saturated carbocycles. The number of nitrogens with one attached hydrogen (secondary N) is 1.